The van der Waals surface area contributed by atoms with Gasteiger partial charge in [-0.05, 0) is 108 Å². The number of urea groups is 1. The number of aliphatic carboxylic acids is 1. The second-order valence-corrected chi connectivity index (χ2v) is 12.1. The lowest BCUT2D eigenvalue weighted by atomic mass is 9.81. The molecule has 0 saturated heterocycles. The Morgan fingerprint density at radius 1 is 1.08 bits per heavy atom. The van der Waals surface area contributed by atoms with Gasteiger partial charge in [-0.3, -0.25) is 9.69 Å². The lowest BCUT2D eigenvalue weighted by Gasteiger charge is -2.29. The van der Waals surface area contributed by atoms with Crippen LogP contribution in [0.1, 0.15) is 119 Å². The van der Waals surface area contributed by atoms with Gasteiger partial charge in [-0.15, -0.1) is 5.92 Å². The van der Waals surface area contributed by atoms with E-state index in [0.717, 1.165) is 89.4 Å². The van der Waals surface area contributed by atoms with Crippen LogP contribution in [0.4, 0.5) is 18.0 Å². The third-order valence-electron chi connectivity index (χ3n) is 8.63. The predicted molar refractivity (Wildman–Crippen MR) is 192 cm³/mol. The van der Waals surface area contributed by atoms with Crippen LogP contribution in [-0.4, -0.2) is 34.7 Å². The van der Waals surface area contributed by atoms with Gasteiger partial charge < -0.3 is 10.4 Å². The number of halogens is 3. The molecule has 48 heavy (non-hydrogen) atoms. The number of carboxylic acid groups (broad SMARTS) is 1. The molecule has 0 atom stereocenters. The van der Waals surface area contributed by atoms with Crippen LogP contribution in [0, 0.1) is 23.7 Å². The number of alkyl halides is 3. The van der Waals surface area contributed by atoms with Crippen LogP contribution >= 0.6 is 0 Å². The van der Waals surface area contributed by atoms with Gasteiger partial charge in [-0.25, -0.2) is 4.79 Å². The number of hydrogen-bond donors (Lipinski definition) is 2. The molecule has 1 heterocycles. The molecule has 8 heteroatoms. The fraction of sp³-hybridized carbons (Fsp3) is 0.550. The van der Waals surface area contributed by atoms with Crippen LogP contribution in [0.3, 0.4) is 0 Å². The Bertz CT molecular complexity index is 1290. The van der Waals surface area contributed by atoms with Crippen molar-refractivity contribution in [2.75, 3.05) is 6.54 Å². The van der Waals surface area contributed by atoms with Gasteiger partial charge in [0.15, 0.2) is 0 Å². The molecular formula is C40H57F3N2O3. The van der Waals surface area contributed by atoms with Crippen molar-refractivity contribution in [3.8, 4) is 11.8 Å². The molecule has 0 aromatic carbocycles. The third-order valence-corrected chi connectivity index (χ3v) is 8.63. The highest BCUT2D eigenvalue weighted by Gasteiger charge is 2.28. The fourth-order valence-corrected chi connectivity index (χ4v) is 5.82. The van der Waals surface area contributed by atoms with E-state index in [1.807, 2.05) is 31.7 Å². The van der Waals surface area contributed by atoms with Gasteiger partial charge in [0.25, 0.3) is 0 Å². The Balaban J connectivity index is 0.00000101. The smallest absolute Gasteiger partial charge is 0.412 e. The van der Waals surface area contributed by atoms with Crippen molar-refractivity contribution in [3.63, 3.8) is 0 Å². The molecule has 3 aliphatic rings. The van der Waals surface area contributed by atoms with Crippen molar-refractivity contribution in [2.45, 2.75) is 125 Å². The number of allylic oxidation sites excluding steroid dienone is 12. The van der Waals surface area contributed by atoms with Gasteiger partial charge in [0.1, 0.15) is 0 Å². The summed E-state index contributed by atoms with van der Waals surface area (Å²) in [5.41, 5.74) is 4.48. The average Bonchev–Trinajstić information content (AvgIpc) is 3.28. The maximum absolute atomic E-state index is 12.8. The van der Waals surface area contributed by atoms with Gasteiger partial charge in [-0.1, -0.05) is 80.7 Å². The first-order valence-electron chi connectivity index (χ1n) is 17.4. The van der Waals surface area contributed by atoms with Crippen LogP contribution in [-0.2, 0) is 4.79 Å². The van der Waals surface area contributed by atoms with Crippen molar-refractivity contribution in [2.24, 2.45) is 11.8 Å². The Hall–Kier alpha value is -3.73. The number of nitrogens with one attached hydrogen (secondary N) is 1. The first-order valence-corrected chi connectivity index (χ1v) is 17.4. The number of amides is 2. The average molecular weight is 671 g/mol. The molecule has 0 unspecified atom stereocenters. The van der Waals surface area contributed by atoms with E-state index in [1.165, 1.54) is 23.6 Å². The minimum atomic E-state index is -4.13. The maximum atomic E-state index is 12.8. The second kappa shape index (κ2) is 23.6. The van der Waals surface area contributed by atoms with Gasteiger partial charge in [-0.2, -0.15) is 13.2 Å². The first kappa shape index (κ1) is 42.3. The minimum absolute atomic E-state index is 0.0953. The van der Waals surface area contributed by atoms with Gasteiger partial charge in [0.2, 0.25) is 0 Å². The largest absolute Gasteiger partial charge is 0.481 e. The molecule has 1 fully saturated rings. The molecule has 5 nitrogen and oxygen atoms in total. The summed E-state index contributed by atoms with van der Waals surface area (Å²) >= 11 is 0. The summed E-state index contributed by atoms with van der Waals surface area (Å²) in [4.78, 5) is 25.7. The van der Waals surface area contributed by atoms with Crippen molar-refractivity contribution in [1.29, 1.82) is 0 Å². The highest BCUT2D eigenvalue weighted by atomic mass is 19.4. The number of carboxylic acids is 1. The third kappa shape index (κ3) is 16.4. The van der Waals surface area contributed by atoms with Crippen LogP contribution in [0.15, 0.2) is 82.8 Å². The Kier molecular flexibility index (Phi) is 20.8. The number of rotatable bonds is 8. The highest BCUT2D eigenvalue weighted by molar-refractivity contribution is 5.78. The Labute approximate surface area is 287 Å². The molecule has 0 spiro atoms. The molecule has 3 rings (SSSR count). The van der Waals surface area contributed by atoms with E-state index in [4.69, 9.17) is 5.11 Å². The molecule has 0 bridgehead atoms. The summed E-state index contributed by atoms with van der Waals surface area (Å²) in [6.07, 6.45) is 25.2. The summed E-state index contributed by atoms with van der Waals surface area (Å²) in [7, 11) is 0. The van der Waals surface area contributed by atoms with E-state index in [0.29, 0.717) is 24.7 Å². The fourth-order valence-electron chi connectivity index (χ4n) is 5.82. The first-order chi connectivity index (χ1) is 23.0. The summed E-state index contributed by atoms with van der Waals surface area (Å²) in [6.45, 7) is 11.1. The Morgan fingerprint density at radius 2 is 1.77 bits per heavy atom. The van der Waals surface area contributed by atoms with E-state index < -0.39 is 17.7 Å². The molecule has 0 aromatic rings. The number of hydrogen-bond acceptors (Lipinski definition) is 2. The van der Waals surface area contributed by atoms with Crippen LogP contribution in [0.2, 0.25) is 0 Å². The molecule has 0 radical (unpaired) electrons. The number of carbonyl (C=O) groups is 2. The zero-order valence-corrected chi connectivity index (χ0v) is 29.9. The van der Waals surface area contributed by atoms with Gasteiger partial charge in [0.05, 0.1) is 0 Å². The second-order valence-electron chi connectivity index (χ2n) is 12.1. The summed E-state index contributed by atoms with van der Waals surface area (Å²) in [5, 5.41) is 12.0. The zero-order valence-electron chi connectivity index (χ0n) is 29.9. The van der Waals surface area contributed by atoms with E-state index in [2.05, 4.69) is 60.5 Å². The normalized spacial score (nSPS) is 20.5. The SMILES string of the molecule is C/C=C(\C)C(F)(F)F.CC.CC#CC/C=C/NC(=O)N1CCCC(C)=C1/C=C\CC1=CC=C(C2CCCC(CC(=O)O)CCC2)C=CC1. The summed E-state index contributed by atoms with van der Waals surface area (Å²) in [6, 6.07) is -0.0953. The monoisotopic (exact) mass is 670 g/mol. The quantitative estimate of drug-likeness (QED) is 0.199. The molecule has 266 valence electrons. The van der Waals surface area contributed by atoms with E-state index in [9.17, 15) is 22.8 Å². The molecule has 1 aliphatic heterocycles. The predicted octanol–water partition coefficient (Wildman–Crippen LogP) is 11.4. The van der Waals surface area contributed by atoms with E-state index in [1.54, 1.807) is 6.20 Å². The van der Waals surface area contributed by atoms with Gasteiger partial charge in [0, 0.05) is 36.9 Å². The topological polar surface area (TPSA) is 69.6 Å². The van der Waals surface area contributed by atoms with Crippen LogP contribution in [0.25, 0.3) is 0 Å². The molecule has 1 saturated carbocycles. The molecule has 2 amide bonds. The lowest BCUT2D eigenvalue weighted by molar-refractivity contribution is -0.138. The lowest BCUT2D eigenvalue weighted by Crippen LogP contribution is -2.39. The van der Waals surface area contributed by atoms with Crippen LogP contribution in [0.5, 0.6) is 0 Å². The van der Waals surface area contributed by atoms with Crippen LogP contribution < -0.4 is 5.32 Å². The molecule has 2 N–H and O–H groups in total. The number of nitrogens with zero attached hydrogens (tertiary/aromatic N) is 1. The maximum Gasteiger partial charge on any atom is 0.412 e. The van der Waals surface area contributed by atoms with Crippen molar-refractivity contribution in [1.82, 2.24) is 10.2 Å². The van der Waals surface area contributed by atoms with E-state index >= 15 is 0 Å². The molecular weight excluding hydrogens is 613 g/mol. The standard InChI is InChI=1S/C33H44N2O3.C5H7F3.C2H6/c1-3-4-5-6-23-34-33(38)35-24-11-12-26(2)31(35)20-10-14-27-13-7-19-30(22-21-27)29-17-8-15-28(16-9-18-29)25-32(36)37;1-3-4(2)5(6,7)8;1-2/h6-7,10,19-23,28-29H,5,8-9,11-18,24-25H2,1-2H3,(H,34,38)(H,36,37);3H,1-2H3;1-2H3/b20-10-,23-6+;4-3+;. The van der Waals surface area contributed by atoms with Crippen molar-refractivity contribution >= 4 is 12.0 Å². The number of carbonyl (C=O) groups excluding carboxylic acids is 1. The molecule has 2 aliphatic carbocycles. The van der Waals surface area contributed by atoms with Crippen molar-refractivity contribution in [3.05, 3.63) is 82.8 Å². The summed E-state index contributed by atoms with van der Waals surface area (Å²) < 4.78 is 34.1. The van der Waals surface area contributed by atoms with Gasteiger partial charge >= 0.3 is 18.2 Å². The summed E-state index contributed by atoms with van der Waals surface area (Å²) in [5.74, 6) is 6.05. The highest BCUT2D eigenvalue weighted by Crippen LogP contribution is 2.33. The van der Waals surface area contributed by atoms with E-state index in [-0.39, 0.29) is 6.03 Å². The minimum Gasteiger partial charge on any atom is -0.481 e. The Morgan fingerprint density at radius 3 is 2.35 bits per heavy atom. The zero-order chi connectivity index (χ0) is 36.0. The van der Waals surface area contributed by atoms with Crippen molar-refractivity contribution < 1.29 is 27.9 Å². The molecule has 0 aromatic heterocycles.